The molecule has 0 saturated heterocycles. The van der Waals surface area contributed by atoms with E-state index < -0.39 is 12.1 Å². The van der Waals surface area contributed by atoms with Crippen molar-refractivity contribution in [3.05, 3.63) is 48.0 Å². The zero-order valence-electron chi connectivity index (χ0n) is 21.1. The minimum atomic E-state index is -1.15. The Bertz CT molecular complexity index is 639. The molecule has 1 fully saturated rings. The van der Waals surface area contributed by atoms with Crippen LogP contribution in [-0.2, 0) is 9.53 Å². The zero-order chi connectivity index (χ0) is 23.6. The first-order chi connectivity index (χ1) is 16.2. The standard InChI is InChI=1S/C30H48O3/c1-2-3-4-5-6-7-8-9-10-11-12-13-14-18-24-28(31)30(32)33-29-25-20-19-23-27(29)26-21-16-15-17-22-26/h15-18,21-22,24,27-29,31H,2-14,19-20,23,25H2,1H3/t27?,28-,29?/m1/s1. The molecule has 0 aliphatic heterocycles. The van der Waals surface area contributed by atoms with E-state index >= 15 is 0 Å². The highest BCUT2D eigenvalue weighted by molar-refractivity contribution is 5.76. The fourth-order valence-corrected chi connectivity index (χ4v) is 4.95. The van der Waals surface area contributed by atoms with Crippen LogP contribution >= 0.6 is 0 Å². The molecule has 2 unspecified atom stereocenters. The van der Waals surface area contributed by atoms with E-state index in [0.29, 0.717) is 0 Å². The van der Waals surface area contributed by atoms with Crippen LogP contribution in [0.3, 0.4) is 0 Å². The van der Waals surface area contributed by atoms with Crippen molar-refractivity contribution < 1.29 is 14.6 Å². The van der Waals surface area contributed by atoms with Crippen LogP contribution in [0, 0.1) is 0 Å². The minimum Gasteiger partial charge on any atom is -0.460 e. The van der Waals surface area contributed by atoms with Gasteiger partial charge in [0, 0.05) is 5.92 Å². The van der Waals surface area contributed by atoms with Crippen molar-refractivity contribution in [3.63, 3.8) is 0 Å². The van der Waals surface area contributed by atoms with E-state index in [9.17, 15) is 9.90 Å². The van der Waals surface area contributed by atoms with Gasteiger partial charge in [0.15, 0.2) is 6.10 Å². The van der Waals surface area contributed by atoms with Gasteiger partial charge >= 0.3 is 5.97 Å². The van der Waals surface area contributed by atoms with Crippen molar-refractivity contribution in [2.75, 3.05) is 0 Å². The lowest BCUT2D eigenvalue weighted by molar-refractivity contribution is -0.159. The molecule has 1 saturated carbocycles. The van der Waals surface area contributed by atoms with Gasteiger partial charge in [0.1, 0.15) is 6.10 Å². The Morgan fingerprint density at radius 1 is 0.909 bits per heavy atom. The topological polar surface area (TPSA) is 46.5 Å². The van der Waals surface area contributed by atoms with Crippen molar-refractivity contribution in [1.29, 1.82) is 0 Å². The van der Waals surface area contributed by atoms with Crippen LogP contribution in [0.25, 0.3) is 0 Å². The van der Waals surface area contributed by atoms with E-state index in [4.69, 9.17) is 4.74 Å². The van der Waals surface area contributed by atoms with E-state index in [1.807, 2.05) is 24.3 Å². The Kier molecular flexibility index (Phi) is 14.9. The third-order valence-corrected chi connectivity index (χ3v) is 6.98. The first-order valence-electron chi connectivity index (χ1n) is 13.8. The summed E-state index contributed by atoms with van der Waals surface area (Å²) in [6, 6.07) is 10.3. The number of allylic oxidation sites excluding steroid dienone is 1. The molecule has 0 radical (unpaired) electrons. The predicted octanol–water partition coefficient (Wildman–Crippen LogP) is 8.26. The summed E-state index contributed by atoms with van der Waals surface area (Å²) in [5.74, 6) is -0.269. The number of ether oxygens (including phenoxy) is 1. The summed E-state index contributed by atoms with van der Waals surface area (Å²) in [5.41, 5.74) is 1.23. The lowest BCUT2D eigenvalue weighted by Gasteiger charge is -2.31. The number of rotatable bonds is 17. The summed E-state index contributed by atoms with van der Waals surface area (Å²) in [5, 5.41) is 10.2. The summed E-state index contributed by atoms with van der Waals surface area (Å²) in [6.45, 7) is 2.27. The second-order valence-corrected chi connectivity index (χ2v) is 9.83. The Labute approximate surface area is 203 Å². The van der Waals surface area contributed by atoms with E-state index in [2.05, 4.69) is 19.1 Å². The van der Waals surface area contributed by atoms with Gasteiger partial charge in [-0.05, 0) is 43.7 Å². The molecule has 33 heavy (non-hydrogen) atoms. The average molecular weight is 457 g/mol. The van der Waals surface area contributed by atoms with Crippen LogP contribution in [0.2, 0.25) is 0 Å². The number of hydrogen-bond donors (Lipinski definition) is 1. The number of benzene rings is 1. The molecule has 0 spiro atoms. The first kappa shape index (κ1) is 27.6. The van der Waals surface area contributed by atoms with Crippen LogP contribution in [0.5, 0.6) is 0 Å². The average Bonchev–Trinajstić information content (AvgIpc) is 2.85. The Balaban J connectivity index is 1.53. The highest BCUT2D eigenvalue weighted by Crippen LogP contribution is 2.35. The fourth-order valence-electron chi connectivity index (χ4n) is 4.95. The summed E-state index contributed by atoms with van der Waals surface area (Å²) in [4.78, 5) is 12.4. The highest BCUT2D eigenvalue weighted by Gasteiger charge is 2.30. The molecule has 0 aromatic heterocycles. The molecule has 1 aliphatic carbocycles. The zero-order valence-corrected chi connectivity index (χ0v) is 21.1. The molecule has 3 heteroatoms. The SMILES string of the molecule is CCCCCCCCCCCCCCC=C[C@@H](O)C(=O)OC1CCCCC1c1ccccc1. The maximum Gasteiger partial charge on any atom is 0.339 e. The van der Waals surface area contributed by atoms with Crippen molar-refractivity contribution in [1.82, 2.24) is 0 Å². The molecule has 1 N–H and O–H groups in total. The van der Waals surface area contributed by atoms with Crippen LogP contribution < -0.4 is 0 Å². The molecule has 2 rings (SSSR count). The first-order valence-corrected chi connectivity index (χ1v) is 13.8. The normalized spacial score (nSPS) is 19.6. The second kappa shape index (κ2) is 17.8. The van der Waals surface area contributed by atoms with Crippen LogP contribution in [0.15, 0.2) is 42.5 Å². The largest absolute Gasteiger partial charge is 0.460 e. The molecule has 0 bridgehead atoms. The van der Waals surface area contributed by atoms with Gasteiger partial charge in [0.05, 0.1) is 0 Å². The smallest absolute Gasteiger partial charge is 0.339 e. The van der Waals surface area contributed by atoms with Gasteiger partial charge in [0.2, 0.25) is 0 Å². The number of aliphatic hydroxyl groups excluding tert-OH is 1. The maximum atomic E-state index is 12.4. The second-order valence-electron chi connectivity index (χ2n) is 9.83. The molecular formula is C30H48O3. The highest BCUT2D eigenvalue weighted by atomic mass is 16.6. The van der Waals surface area contributed by atoms with Crippen LogP contribution in [0.1, 0.15) is 128 Å². The lowest BCUT2D eigenvalue weighted by Crippen LogP contribution is -2.32. The van der Waals surface area contributed by atoms with Gasteiger partial charge < -0.3 is 9.84 Å². The van der Waals surface area contributed by atoms with E-state index in [0.717, 1.165) is 38.5 Å². The third-order valence-electron chi connectivity index (χ3n) is 6.98. The van der Waals surface area contributed by atoms with Crippen LogP contribution in [0.4, 0.5) is 0 Å². The molecular weight excluding hydrogens is 408 g/mol. The lowest BCUT2D eigenvalue weighted by atomic mass is 9.81. The Morgan fingerprint density at radius 2 is 1.48 bits per heavy atom. The number of esters is 1. The van der Waals surface area contributed by atoms with Gasteiger partial charge in [-0.3, -0.25) is 0 Å². The van der Waals surface area contributed by atoms with E-state index in [1.54, 1.807) is 6.08 Å². The number of unbranched alkanes of at least 4 members (excludes halogenated alkanes) is 12. The molecule has 186 valence electrons. The molecule has 0 heterocycles. The Morgan fingerprint density at radius 3 is 2.12 bits per heavy atom. The number of carbonyl (C=O) groups is 1. The summed E-state index contributed by atoms with van der Waals surface area (Å²) in [6.07, 6.45) is 23.4. The molecule has 1 aromatic rings. The molecule has 3 atom stereocenters. The van der Waals surface area contributed by atoms with Gasteiger partial charge in [0.25, 0.3) is 0 Å². The van der Waals surface area contributed by atoms with E-state index in [-0.39, 0.29) is 12.0 Å². The summed E-state index contributed by atoms with van der Waals surface area (Å²) < 4.78 is 5.75. The molecule has 3 nitrogen and oxygen atoms in total. The van der Waals surface area contributed by atoms with E-state index in [1.165, 1.54) is 76.2 Å². The van der Waals surface area contributed by atoms with Crippen molar-refractivity contribution >= 4 is 5.97 Å². The number of carbonyl (C=O) groups excluding carboxylic acids is 1. The maximum absolute atomic E-state index is 12.4. The van der Waals surface area contributed by atoms with Crippen LogP contribution in [-0.4, -0.2) is 23.3 Å². The quantitative estimate of drug-likeness (QED) is 0.146. The van der Waals surface area contributed by atoms with Gasteiger partial charge in [-0.25, -0.2) is 4.79 Å². The van der Waals surface area contributed by atoms with Gasteiger partial charge in [-0.1, -0.05) is 120 Å². The summed E-state index contributed by atoms with van der Waals surface area (Å²) in [7, 11) is 0. The van der Waals surface area contributed by atoms with Crippen molar-refractivity contribution in [2.45, 2.75) is 134 Å². The summed E-state index contributed by atoms with van der Waals surface area (Å²) >= 11 is 0. The minimum absolute atomic E-state index is 0.131. The fraction of sp³-hybridized carbons (Fsp3) is 0.700. The van der Waals surface area contributed by atoms with Crippen molar-refractivity contribution in [3.8, 4) is 0 Å². The van der Waals surface area contributed by atoms with Crippen molar-refractivity contribution in [2.24, 2.45) is 0 Å². The Hall–Kier alpha value is -1.61. The molecule has 1 aliphatic rings. The number of hydrogen-bond acceptors (Lipinski definition) is 3. The van der Waals surface area contributed by atoms with Gasteiger partial charge in [-0.15, -0.1) is 0 Å². The predicted molar refractivity (Wildman–Crippen MR) is 138 cm³/mol. The third kappa shape index (κ3) is 11.9. The van der Waals surface area contributed by atoms with Gasteiger partial charge in [-0.2, -0.15) is 0 Å². The number of aliphatic hydroxyl groups is 1. The molecule has 1 aromatic carbocycles. The molecule has 0 amide bonds. The monoisotopic (exact) mass is 456 g/mol.